The van der Waals surface area contributed by atoms with E-state index in [1.54, 1.807) is 22.7 Å². The van der Waals surface area contributed by atoms with Gasteiger partial charge in [0.1, 0.15) is 5.01 Å². The van der Waals surface area contributed by atoms with Gasteiger partial charge in [0.15, 0.2) is 0 Å². The van der Waals surface area contributed by atoms with Crippen LogP contribution in [0.4, 0.5) is 0 Å². The van der Waals surface area contributed by atoms with Crippen LogP contribution in [0.25, 0.3) is 0 Å². The van der Waals surface area contributed by atoms with Crippen molar-refractivity contribution in [1.82, 2.24) is 20.2 Å². The van der Waals surface area contributed by atoms with Gasteiger partial charge in [-0.2, -0.15) is 0 Å². The highest BCUT2D eigenvalue weighted by molar-refractivity contribution is 7.09. The zero-order valence-electron chi connectivity index (χ0n) is 12.5. The molecule has 0 aliphatic carbocycles. The van der Waals surface area contributed by atoms with Crippen molar-refractivity contribution in [3.05, 3.63) is 32.2 Å². The third-order valence-electron chi connectivity index (χ3n) is 2.79. The molecule has 0 aliphatic rings. The van der Waals surface area contributed by atoms with Crippen molar-refractivity contribution in [3.63, 3.8) is 0 Å². The van der Waals surface area contributed by atoms with Gasteiger partial charge in [0.25, 0.3) is 0 Å². The summed E-state index contributed by atoms with van der Waals surface area (Å²) in [5, 5.41) is 9.97. The molecule has 110 valence electrons. The van der Waals surface area contributed by atoms with E-state index in [0.29, 0.717) is 6.04 Å². The summed E-state index contributed by atoms with van der Waals surface area (Å²) in [6, 6.07) is 0.498. The van der Waals surface area contributed by atoms with Crippen LogP contribution in [0.1, 0.15) is 35.3 Å². The smallest absolute Gasteiger partial charge is 0.107 e. The van der Waals surface area contributed by atoms with Gasteiger partial charge >= 0.3 is 0 Å². The molecule has 2 aromatic rings. The number of aryl methyl sites for hydroxylation is 1. The Morgan fingerprint density at radius 1 is 1.15 bits per heavy atom. The van der Waals surface area contributed by atoms with E-state index in [9.17, 15) is 0 Å². The largest absolute Gasteiger partial charge is 0.308 e. The molecule has 0 saturated heterocycles. The highest BCUT2D eigenvalue weighted by Gasteiger charge is 2.08. The summed E-state index contributed by atoms with van der Waals surface area (Å²) in [6.07, 6.45) is 0. The van der Waals surface area contributed by atoms with E-state index in [4.69, 9.17) is 0 Å². The van der Waals surface area contributed by atoms with Crippen molar-refractivity contribution in [2.75, 3.05) is 7.05 Å². The lowest BCUT2D eigenvalue weighted by Gasteiger charge is -2.13. The molecule has 0 unspecified atom stereocenters. The highest BCUT2D eigenvalue weighted by Crippen LogP contribution is 2.14. The molecular weight excluding hydrogens is 288 g/mol. The van der Waals surface area contributed by atoms with Crippen molar-refractivity contribution < 1.29 is 0 Å². The molecule has 20 heavy (non-hydrogen) atoms. The molecule has 4 nitrogen and oxygen atoms in total. The molecular formula is C14H22N4S2. The maximum atomic E-state index is 4.67. The number of nitrogens with one attached hydrogen (secondary N) is 1. The Bertz CT molecular complexity index is 533. The van der Waals surface area contributed by atoms with Gasteiger partial charge in [-0.3, -0.25) is 4.90 Å². The number of hydrogen-bond donors (Lipinski definition) is 1. The molecule has 0 spiro atoms. The number of nitrogens with zero attached hydrogens (tertiary/aromatic N) is 3. The molecule has 0 bridgehead atoms. The van der Waals surface area contributed by atoms with Crippen LogP contribution in [-0.2, 0) is 19.6 Å². The Labute approximate surface area is 128 Å². The Hall–Kier alpha value is -0.820. The van der Waals surface area contributed by atoms with Crippen LogP contribution < -0.4 is 5.32 Å². The number of thiazole rings is 2. The minimum Gasteiger partial charge on any atom is -0.308 e. The van der Waals surface area contributed by atoms with Gasteiger partial charge in [-0.1, -0.05) is 13.8 Å². The van der Waals surface area contributed by atoms with E-state index in [1.807, 2.05) is 6.92 Å². The average molecular weight is 310 g/mol. The van der Waals surface area contributed by atoms with Gasteiger partial charge in [-0.15, -0.1) is 22.7 Å². The van der Waals surface area contributed by atoms with Crippen molar-refractivity contribution >= 4 is 22.7 Å². The van der Waals surface area contributed by atoms with Crippen LogP contribution in [0, 0.1) is 6.92 Å². The molecule has 1 N–H and O–H groups in total. The molecule has 2 rings (SSSR count). The van der Waals surface area contributed by atoms with E-state index in [-0.39, 0.29) is 0 Å². The Morgan fingerprint density at radius 3 is 2.40 bits per heavy atom. The van der Waals surface area contributed by atoms with Crippen molar-refractivity contribution in [2.24, 2.45) is 0 Å². The van der Waals surface area contributed by atoms with E-state index in [2.05, 4.69) is 51.8 Å². The first-order valence-corrected chi connectivity index (χ1v) is 8.55. The molecule has 0 fully saturated rings. The van der Waals surface area contributed by atoms with E-state index in [0.717, 1.165) is 41.0 Å². The lowest BCUT2D eigenvalue weighted by Crippen LogP contribution is -2.22. The number of hydrogen-bond acceptors (Lipinski definition) is 6. The maximum Gasteiger partial charge on any atom is 0.107 e. The Balaban J connectivity index is 1.83. The zero-order chi connectivity index (χ0) is 14.5. The van der Waals surface area contributed by atoms with Crippen LogP contribution in [0.2, 0.25) is 0 Å². The minimum atomic E-state index is 0.498. The fourth-order valence-corrected chi connectivity index (χ4v) is 3.22. The summed E-state index contributed by atoms with van der Waals surface area (Å²) in [6.45, 7) is 8.95. The zero-order valence-corrected chi connectivity index (χ0v) is 14.1. The van der Waals surface area contributed by atoms with E-state index < -0.39 is 0 Å². The van der Waals surface area contributed by atoms with Crippen molar-refractivity contribution in [1.29, 1.82) is 0 Å². The lowest BCUT2D eigenvalue weighted by molar-refractivity contribution is 0.312. The molecule has 0 aromatic carbocycles. The molecule has 6 heteroatoms. The van der Waals surface area contributed by atoms with Crippen LogP contribution >= 0.6 is 22.7 Å². The Kier molecular flexibility index (Phi) is 5.65. The summed E-state index contributed by atoms with van der Waals surface area (Å²) < 4.78 is 0. The van der Waals surface area contributed by atoms with Crippen LogP contribution in [0.15, 0.2) is 10.8 Å². The van der Waals surface area contributed by atoms with Crippen LogP contribution in [0.3, 0.4) is 0 Å². The second-order valence-electron chi connectivity index (χ2n) is 5.30. The summed E-state index contributed by atoms with van der Waals surface area (Å²) in [4.78, 5) is 11.4. The lowest BCUT2D eigenvalue weighted by atomic mass is 10.4. The maximum absolute atomic E-state index is 4.67. The van der Waals surface area contributed by atoms with E-state index >= 15 is 0 Å². The van der Waals surface area contributed by atoms with E-state index in [1.165, 1.54) is 0 Å². The highest BCUT2D eigenvalue weighted by atomic mass is 32.1. The summed E-state index contributed by atoms with van der Waals surface area (Å²) in [5.41, 5.74) is 2.29. The van der Waals surface area contributed by atoms with Gasteiger partial charge in [0, 0.05) is 36.4 Å². The number of aromatic nitrogens is 2. The topological polar surface area (TPSA) is 41.1 Å². The minimum absolute atomic E-state index is 0.498. The molecule has 2 heterocycles. The summed E-state index contributed by atoms with van der Waals surface area (Å²) >= 11 is 3.44. The van der Waals surface area contributed by atoms with Gasteiger partial charge in [0.05, 0.1) is 16.4 Å². The first kappa shape index (κ1) is 15.6. The fourth-order valence-electron chi connectivity index (χ4n) is 1.88. The van der Waals surface area contributed by atoms with Gasteiger partial charge < -0.3 is 5.32 Å². The monoisotopic (exact) mass is 310 g/mol. The summed E-state index contributed by atoms with van der Waals surface area (Å²) in [7, 11) is 2.11. The summed E-state index contributed by atoms with van der Waals surface area (Å²) in [5.74, 6) is 0. The van der Waals surface area contributed by atoms with Crippen molar-refractivity contribution in [3.8, 4) is 0 Å². The molecule has 0 aliphatic heterocycles. The normalized spacial score (nSPS) is 11.7. The molecule has 0 atom stereocenters. The van der Waals surface area contributed by atoms with Gasteiger partial charge in [-0.25, -0.2) is 9.97 Å². The predicted molar refractivity (Wildman–Crippen MR) is 86.1 cm³/mol. The fraction of sp³-hybridized carbons (Fsp3) is 0.571. The first-order chi connectivity index (χ1) is 9.52. The first-order valence-electron chi connectivity index (χ1n) is 6.79. The molecule has 0 amide bonds. The predicted octanol–water partition coefficient (Wildman–Crippen LogP) is 3.04. The second kappa shape index (κ2) is 7.26. The van der Waals surface area contributed by atoms with Crippen molar-refractivity contribution in [2.45, 2.75) is 46.4 Å². The molecule has 2 aromatic heterocycles. The third kappa shape index (κ3) is 4.94. The quantitative estimate of drug-likeness (QED) is 0.853. The molecule has 0 radical (unpaired) electrons. The van der Waals surface area contributed by atoms with Crippen LogP contribution in [-0.4, -0.2) is 28.0 Å². The van der Waals surface area contributed by atoms with Gasteiger partial charge in [0.2, 0.25) is 0 Å². The Morgan fingerprint density at radius 2 is 1.80 bits per heavy atom. The SMILES string of the molecule is Cc1nc(CN(C)Cc2csc(CNC(C)C)n2)cs1. The standard InChI is InChI=1S/C14H22N4S2/c1-10(2)15-5-14-17-13(9-20-14)7-18(4)6-12-8-19-11(3)16-12/h8-10,15H,5-7H2,1-4H3. The van der Waals surface area contributed by atoms with Crippen LogP contribution in [0.5, 0.6) is 0 Å². The molecule has 0 saturated carbocycles. The third-order valence-corrected chi connectivity index (χ3v) is 4.51. The number of rotatable bonds is 7. The average Bonchev–Trinajstić information content (AvgIpc) is 2.96. The van der Waals surface area contributed by atoms with Gasteiger partial charge in [-0.05, 0) is 14.0 Å². The second-order valence-corrected chi connectivity index (χ2v) is 7.30.